The predicted molar refractivity (Wildman–Crippen MR) is 115 cm³/mol. The van der Waals surface area contributed by atoms with Crippen LogP contribution >= 0.6 is 0 Å². The van der Waals surface area contributed by atoms with E-state index in [1.54, 1.807) is 30.3 Å². The van der Waals surface area contributed by atoms with Crippen molar-refractivity contribution in [1.29, 1.82) is 0 Å². The Morgan fingerprint density at radius 3 is 2.03 bits per heavy atom. The van der Waals surface area contributed by atoms with Crippen molar-refractivity contribution in [3.05, 3.63) is 46.9 Å². The van der Waals surface area contributed by atoms with Crippen molar-refractivity contribution >= 4 is 27.5 Å². The van der Waals surface area contributed by atoms with Gasteiger partial charge in [0.2, 0.25) is 5.91 Å². The Morgan fingerprint density at radius 2 is 1.53 bits per heavy atom. The molecule has 0 radical (unpaired) electrons. The first-order valence-electron chi connectivity index (χ1n) is 8.88. The Balaban J connectivity index is 2.34. The van der Waals surface area contributed by atoms with Gasteiger partial charge in [0.05, 0.1) is 45.4 Å². The molecule has 2 aromatic carbocycles. The molecular formula is C21H25NO7S. The van der Waals surface area contributed by atoms with Gasteiger partial charge in [-0.05, 0) is 23.8 Å². The van der Waals surface area contributed by atoms with Gasteiger partial charge in [-0.15, -0.1) is 0 Å². The number of methoxy groups -OCH3 is 4. The Kier molecular flexibility index (Phi) is 7.71. The van der Waals surface area contributed by atoms with E-state index in [1.165, 1.54) is 41.4 Å². The number of carbonyl (C=O) groups is 1. The molecule has 0 unspecified atom stereocenters. The van der Waals surface area contributed by atoms with E-state index in [0.29, 0.717) is 39.8 Å². The lowest BCUT2D eigenvalue weighted by Gasteiger charge is -2.13. The minimum Gasteiger partial charge on any atom is -0.496 e. The van der Waals surface area contributed by atoms with E-state index in [1.807, 2.05) is 0 Å². The molecule has 0 aliphatic rings. The molecule has 0 saturated carbocycles. The summed E-state index contributed by atoms with van der Waals surface area (Å²) in [5.74, 6) is 1.24. The van der Waals surface area contributed by atoms with Gasteiger partial charge in [-0.2, -0.15) is 0 Å². The highest BCUT2D eigenvalue weighted by molar-refractivity contribution is 7.93. The zero-order chi connectivity index (χ0) is 22.3. The largest absolute Gasteiger partial charge is 0.496 e. The van der Waals surface area contributed by atoms with Gasteiger partial charge in [-0.25, -0.2) is 8.42 Å². The molecule has 1 amide bonds. The molecule has 0 heterocycles. The molecule has 30 heavy (non-hydrogen) atoms. The van der Waals surface area contributed by atoms with Crippen LogP contribution in [0, 0.1) is 0 Å². The molecule has 8 nitrogen and oxygen atoms in total. The maximum Gasteiger partial charge on any atom is 0.221 e. The highest BCUT2D eigenvalue weighted by atomic mass is 32.2. The summed E-state index contributed by atoms with van der Waals surface area (Å²) in [6.07, 6.45) is 1.42. The third-order valence-corrected chi connectivity index (χ3v) is 5.42. The number of carbonyl (C=O) groups excluding carboxylic acids is 1. The number of hydrogen-bond acceptors (Lipinski definition) is 7. The SMILES string of the molecule is COc1cc(OC)c(C=CS(=O)(=O)Cc2ccc(OC)c(NC(C)=O)c2)c(OC)c1. The number of nitrogens with one attached hydrogen (secondary N) is 1. The molecular weight excluding hydrogens is 410 g/mol. The van der Waals surface area contributed by atoms with Gasteiger partial charge in [-0.3, -0.25) is 4.79 Å². The van der Waals surface area contributed by atoms with Crippen molar-refractivity contribution < 1.29 is 32.2 Å². The second-order valence-corrected chi connectivity index (χ2v) is 8.16. The summed E-state index contributed by atoms with van der Waals surface area (Å²) in [6, 6.07) is 8.08. The Morgan fingerprint density at radius 1 is 0.933 bits per heavy atom. The molecule has 162 valence electrons. The average molecular weight is 435 g/mol. The molecule has 0 aliphatic heterocycles. The van der Waals surface area contributed by atoms with Gasteiger partial charge < -0.3 is 24.3 Å². The van der Waals surface area contributed by atoms with Gasteiger partial charge in [0.25, 0.3) is 0 Å². The molecule has 0 fully saturated rings. The van der Waals surface area contributed by atoms with Crippen molar-refractivity contribution in [2.45, 2.75) is 12.7 Å². The maximum atomic E-state index is 12.7. The topological polar surface area (TPSA) is 100 Å². The van der Waals surface area contributed by atoms with Crippen molar-refractivity contribution in [2.75, 3.05) is 33.8 Å². The zero-order valence-corrected chi connectivity index (χ0v) is 18.3. The monoisotopic (exact) mass is 435 g/mol. The first-order chi connectivity index (χ1) is 14.2. The molecule has 9 heteroatoms. The van der Waals surface area contributed by atoms with Crippen LogP contribution in [0.5, 0.6) is 23.0 Å². The highest BCUT2D eigenvalue weighted by Crippen LogP contribution is 2.35. The lowest BCUT2D eigenvalue weighted by atomic mass is 10.1. The summed E-state index contributed by atoms with van der Waals surface area (Å²) < 4.78 is 46.4. The van der Waals surface area contributed by atoms with Gasteiger partial charge >= 0.3 is 0 Å². The van der Waals surface area contributed by atoms with E-state index >= 15 is 0 Å². The van der Waals surface area contributed by atoms with Gasteiger partial charge in [0.15, 0.2) is 9.84 Å². The predicted octanol–water partition coefficient (Wildman–Crippen LogP) is 3.27. The molecule has 0 saturated heterocycles. The first-order valence-corrected chi connectivity index (χ1v) is 10.6. The van der Waals surface area contributed by atoms with Crippen LogP contribution in [0.3, 0.4) is 0 Å². The highest BCUT2D eigenvalue weighted by Gasteiger charge is 2.15. The van der Waals surface area contributed by atoms with E-state index in [9.17, 15) is 13.2 Å². The molecule has 0 atom stereocenters. The summed E-state index contributed by atoms with van der Waals surface area (Å²) in [7, 11) is 2.29. The number of rotatable bonds is 9. The van der Waals surface area contributed by atoms with Crippen LogP contribution in [0.2, 0.25) is 0 Å². The van der Waals surface area contributed by atoms with E-state index in [2.05, 4.69) is 5.32 Å². The summed E-state index contributed by atoms with van der Waals surface area (Å²) in [5, 5.41) is 3.73. The number of sulfone groups is 1. The van der Waals surface area contributed by atoms with Crippen molar-refractivity contribution in [1.82, 2.24) is 0 Å². The molecule has 1 N–H and O–H groups in total. The van der Waals surface area contributed by atoms with Crippen LogP contribution in [0.1, 0.15) is 18.1 Å². The van der Waals surface area contributed by atoms with E-state index < -0.39 is 9.84 Å². The fourth-order valence-corrected chi connectivity index (χ4v) is 3.87. The quantitative estimate of drug-likeness (QED) is 0.645. The summed E-state index contributed by atoms with van der Waals surface area (Å²) in [6.45, 7) is 1.36. The molecule has 0 aromatic heterocycles. The van der Waals surface area contributed by atoms with Crippen LogP contribution < -0.4 is 24.3 Å². The third kappa shape index (κ3) is 5.90. The number of hydrogen-bond donors (Lipinski definition) is 1. The number of benzene rings is 2. The molecule has 0 spiro atoms. The van der Waals surface area contributed by atoms with Crippen molar-refractivity contribution in [3.8, 4) is 23.0 Å². The van der Waals surface area contributed by atoms with Crippen LogP contribution in [0.15, 0.2) is 35.7 Å². The fourth-order valence-electron chi connectivity index (χ4n) is 2.78. The standard InChI is InChI=1S/C21H25NO7S/c1-14(23)22-18-10-15(6-7-19(18)27-3)13-30(24,25)9-8-17-20(28-4)11-16(26-2)12-21(17)29-5/h6-12H,13H2,1-5H3,(H,22,23). The Bertz CT molecular complexity index is 1020. The van der Waals surface area contributed by atoms with Crippen molar-refractivity contribution in [2.24, 2.45) is 0 Å². The number of amides is 1. The van der Waals surface area contributed by atoms with E-state index in [4.69, 9.17) is 18.9 Å². The first kappa shape index (κ1) is 23.1. The van der Waals surface area contributed by atoms with Crippen LogP contribution in [0.25, 0.3) is 6.08 Å². The summed E-state index contributed by atoms with van der Waals surface area (Å²) >= 11 is 0. The second kappa shape index (κ2) is 10.0. The molecule has 0 bridgehead atoms. The van der Waals surface area contributed by atoms with Gasteiger partial charge in [0.1, 0.15) is 23.0 Å². The maximum absolute atomic E-state index is 12.7. The van der Waals surface area contributed by atoms with E-state index in [0.717, 1.165) is 5.41 Å². The minimum absolute atomic E-state index is 0.263. The van der Waals surface area contributed by atoms with Gasteiger partial charge in [0, 0.05) is 24.5 Å². The smallest absolute Gasteiger partial charge is 0.221 e. The van der Waals surface area contributed by atoms with Gasteiger partial charge in [-0.1, -0.05) is 6.07 Å². The average Bonchev–Trinajstić information content (AvgIpc) is 2.71. The molecule has 2 aromatic rings. The lowest BCUT2D eigenvalue weighted by Crippen LogP contribution is -2.08. The summed E-state index contributed by atoms with van der Waals surface area (Å²) in [4.78, 5) is 11.4. The number of ether oxygens (including phenoxy) is 4. The Hall–Kier alpha value is -3.20. The molecule has 0 aliphatic carbocycles. The minimum atomic E-state index is -3.64. The third-order valence-electron chi connectivity index (χ3n) is 4.14. The normalized spacial score (nSPS) is 11.2. The Labute approximate surface area is 176 Å². The van der Waals surface area contributed by atoms with E-state index in [-0.39, 0.29) is 11.7 Å². The van der Waals surface area contributed by atoms with Crippen LogP contribution in [-0.4, -0.2) is 42.8 Å². The second-order valence-electron chi connectivity index (χ2n) is 6.27. The lowest BCUT2D eigenvalue weighted by molar-refractivity contribution is -0.114. The zero-order valence-electron chi connectivity index (χ0n) is 17.5. The molecule has 2 rings (SSSR count). The van der Waals surface area contributed by atoms with Crippen LogP contribution in [0.4, 0.5) is 5.69 Å². The fraction of sp³-hybridized carbons (Fsp3) is 0.286. The number of anilines is 1. The van der Waals surface area contributed by atoms with Crippen LogP contribution in [-0.2, 0) is 20.4 Å². The van der Waals surface area contributed by atoms with Crippen molar-refractivity contribution in [3.63, 3.8) is 0 Å². The summed E-state index contributed by atoms with van der Waals surface area (Å²) in [5.41, 5.74) is 1.37.